The maximum Gasteiger partial charge on any atom is 0.410 e. The molecule has 0 aromatic heterocycles. The van der Waals surface area contributed by atoms with E-state index in [4.69, 9.17) is 27.9 Å². The number of rotatable bonds is 4. The number of anilines is 1. The van der Waals surface area contributed by atoms with Gasteiger partial charge in [-0.25, -0.2) is 9.18 Å². The van der Waals surface area contributed by atoms with Crippen molar-refractivity contribution in [2.24, 2.45) is 0 Å². The number of amides is 1. The monoisotopic (exact) mass is 452 g/mol. The molecule has 2 aromatic rings. The van der Waals surface area contributed by atoms with E-state index in [1.165, 1.54) is 12.1 Å². The summed E-state index contributed by atoms with van der Waals surface area (Å²) in [6, 6.07) is 12.3. The van der Waals surface area contributed by atoms with Crippen LogP contribution in [0, 0.1) is 5.82 Å². The number of hydrogen-bond acceptors (Lipinski definition) is 3. The van der Waals surface area contributed by atoms with Crippen molar-refractivity contribution in [3.8, 4) is 0 Å². The number of carbonyl (C=O) groups excluding carboxylic acids is 1. The molecule has 0 unspecified atom stereocenters. The lowest BCUT2D eigenvalue weighted by Crippen LogP contribution is -2.48. The number of hydrogen-bond donors (Lipinski definition) is 0. The number of likely N-dealkylation sites (tertiary alicyclic amines) is 1. The lowest BCUT2D eigenvalue weighted by molar-refractivity contribution is 0.0204. The SMILES string of the molecule is CC(C)(C)OC(=O)N1CCC(N(Cc2ccc(Cl)c(Cl)c2)c2cccc(F)c2)CC1. The Bertz CT molecular complexity index is 893. The largest absolute Gasteiger partial charge is 0.444 e. The molecule has 0 saturated carbocycles. The highest BCUT2D eigenvalue weighted by Gasteiger charge is 2.30. The molecule has 1 saturated heterocycles. The van der Waals surface area contributed by atoms with Gasteiger partial charge >= 0.3 is 6.09 Å². The number of piperidine rings is 1. The Morgan fingerprint density at radius 3 is 2.43 bits per heavy atom. The topological polar surface area (TPSA) is 32.8 Å². The molecule has 162 valence electrons. The first-order valence-electron chi connectivity index (χ1n) is 10.1. The predicted molar refractivity (Wildman–Crippen MR) is 120 cm³/mol. The van der Waals surface area contributed by atoms with Gasteiger partial charge in [-0.3, -0.25) is 0 Å². The summed E-state index contributed by atoms with van der Waals surface area (Å²) in [6.07, 6.45) is 1.23. The number of carbonyl (C=O) groups is 1. The van der Waals surface area contributed by atoms with Crippen LogP contribution in [0.25, 0.3) is 0 Å². The second kappa shape index (κ2) is 9.44. The maximum atomic E-state index is 13.9. The fraction of sp³-hybridized carbons (Fsp3) is 0.435. The minimum Gasteiger partial charge on any atom is -0.444 e. The standard InChI is InChI=1S/C23H27Cl2FN2O2/c1-23(2,3)30-22(29)27-11-9-18(10-12-27)28(19-6-4-5-17(26)14-19)15-16-7-8-20(24)21(25)13-16/h4-8,13-14,18H,9-12,15H2,1-3H3. The van der Waals surface area contributed by atoms with E-state index < -0.39 is 5.60 Å². The zero-order chi connectivity index (χ0) is 21.9. The molecule has 3 rings (SSSR count). The van der Waals surface area contributed by atoms with E-state index in [-0.39, 0.29) is 18.0 Å². The lowest BCUT2D eigenvalue weighted by Gasteiger charge is -2.40. The van der Waals surface area contributed by atoms with Crippen LogP contribution >= 0.6 is 23.2 Å². The highest BCUT2D eigenvalue weighted by molar-refractivity contribution is 6.42. The Morgan fingerprint density at radius 1 is 1.13 bits per heavy atom. The second-order valence-corrected chi connectivity index (χ2v) is 9.37. The summed E-state index contributed by atoms with van der Waals surface area (Å²) in [6.45, 7) is 7.33. The maximum absolute atomic E-state index is 13.9. The summed E-state index contributed by atoms with van der Waals surface area (Å²) in [7, 11) is 0. The highest BCUT2D eigenvalue weighted by atomic mass is 35.5. The van der Waals surface area contributed by atoms with Gasteiger partial charge in [-0.1, -0.05) is 35.3 Å². The van der Waals surface area contributed by atoms with E-state index in [1.807, 2.05) is 39.0 Å². The van der Waals surface area contributed by atoms with Crippen molar-refractivity contribution in [2.45, 2.75) is 51.8 Å². The van der Waals surface area contributed by atoms with Gasteiger partial charge in [0.05, 0.1) is 10.0 Å². The molecule has 0 spiro atoms. The quantitative estimate of drug-likeness (QED) is 0.527. The Kier molecular flexibility index (Phi) is 7.14. The van der Waals surface area contributed by atoms with Crippen LogP contribution in [0.4, 0.5) is 14.9 Å². The third kappa shape index (κ3) is 6.02. The van der Waals surface area contributed by atoms with Crippen LogP contribution in [0.2, 0.25) is 10.0 Å². The number of ether oxygens (including phenoxy) is 1. The smallest absolute Gasteiger partial charge is 0.410 e. The van der Waals surface area contributed by atoms with Crippen LogP contribution < -0.4 is 4.90 Å². The number of benzene rings is 2. The third-order valence-corrected chi connectivity index (χ3v) is 5.77. The molecule has 1 fully saturated rings. The number of nitrogens with zero attached hydrogens (tertiary/aromatic N) is 2. The second-order valence-electron chi connectivity index (χ2n) is 8.55. The predicted octanol–water partition coefficient (Wildman–Crippen LogP) is 6.54. The van der Waals surface area contributed by atoms with Crippen molar-refractivity contribution in [3.63, 3.8) is 0 Å². The molecule has 0 aliphatic carbocycles. The van der Waals surface area contributed by atoms with E-state index in [0.717, 1.165) is 24.1 Å². The normalized spacial score (nSPS) is 15.2. The van der Waals surface area contributed by atoms with Crippen molar-refractivity contribution in [2.75, 3.05) is 18.0 Å². The molecule has 0 radical (unpaired) electrons. The first-order chi connectivity index (χ1) is 14.1. The van der Waals surface area contributed by atoms with E-state index in [1.54, 1.807) is 17.0 Å². The van der Waals surface area contributed by atoms with Crippen LogP contribution in [0.15, 0.2) is 42.5 Å². The summed E-state index contributed by atoms with van der Waals surface area (Å²) >= 11 is 12.2. The molecule has 2 aromatic carbocycles. The van der Waals surface area contributed by atoms with Gasteiger partial charge in [0.25, 0.3) is 0 Å². The Labute approximate surface area is 187 Å². The molecular formula is C23H27Cl2FN2O2. The van der Waals surface area contributed by atoms with Crippen molar-refractivity contribution in [3.05, 3.63) is 63.9 Å². The molecule has 1 aliphatic heterocycles. The van der Waals surface area contributed by atoms with E-state index in [9.17, 15) is 9.18 Å². The molecular weight excluding hydrogens is 426 g/mol. The summed E-state index contributed by atoms with van der Waals surface area (Å²) in [4.78, 5) is 16.3. The van der Waals surface area contributed by atoms with E-state index in [0.29, 0.717) is 29.7 Å². The Balaban J connectivity index is 1.76. The van der Waals surface area contributed by atoms with Crippen molar-refractivity contribution in [1.82, 2.24) is 4.90 Å². The number of halogens is 3. The molecule has 0 bridgehead atoms. The van der Waals surface area contributed by atoms with Crippen LogP contribution in [0.1, 0.15) is 39.2 Å². The van der Waals surface area contributed by atoms with Crippen LogP contribution in [-0.4, -0.2) is 35.7 Å². The summed E-state index contributed by atoms with van der Waals surface area (Å²) in [5.41, 5.74) is 1.27. The van der Waals surface area contributed by atoms with E-state index >= 15 is 0 Å². The lowest BCUT2D eigenvalue weighted by atomic mass is 10.0. The highest BCUT2D eigenvalue weighted by Crippen LogP contribution is 2.29. The average Bonchev–Trinajstić information content (AvgIpc) is 2.67. The van der Waals surface area contributed by atoms with Gasteiger partial charge in [-0.15, -0.1) is 0 Å². The van der Waals surface area contributed by atoms with Crippen molar-refractivity contribution >= 4 is 35.0 Å². The zero-order valence-electron chi connectivity index (χ0n) is 17.5. The Hall–Kier alpha value is -1.98. The van der Waals surface area contributed by atoms with Gasteiger partial charge in [-0.05, 0) is 69.5 Å². The third-order valence-electron chi connectivity index (χ3n) is 5.03. The van der Waals surface area contributed by atoms with Crippen LogP contribution in [0.5, 0.6) is 0 Å². The molecule has 1 heterocycles. The molecule has 1 amide bonds. The molecule has 1 aliphatic rings. The first kappa shape index (κ1) is 22.7. The average molecular weight is 453 g/mol. The zero-order valence-corrected chi connectivity index (χ0v) is 19.0. The molecule has 4 nitrogen and oxygen atoms in total. The summed E-state index contributed by atoms with van der Waals surface area (Å²) in [5, 5.41) is 0.997. The van der Waals surface area contributed by atoms with Gasteiger partial charge in [0.1, 0.15) is 11.4 Å². The Morgan fingerprint density at radius 2 is 1.83 bits per heavy atom. The van der Waals surface area contributed by atoms with Crippen LogP contribution in [-0.2, 0) is 11.3 Å². The molecule has 0 atom stereocenters. The summed E-state index contributed by atoms with van der Waals surface area (Å²) in [5.74, 6) is -0.280. The first-order valence-corrected chi connectivity index (χ1v) is 10.8. The molecule has 7 heteroatoms. The minimum absolute atomic E-state index is 0.153. The van der Waals surface area contributed by atoms with Crippen molar-refractivity contribution in [1.29, 1.82) is 0 Å². The fourth-order valence-corrected chi connectivity index (χ4v) is 3.93. The van der Waals surface area contributed by atoms with Gasteiger partial charge in [0, 0.05) is 31.4 Å². The van der Waals surface area contributed by atoms with E-state index in [2.05, 4.69) is 4.90 Å². The van der Waals surface area contributed by atoms with Gasteiger partial charge in [0.2, 0.25) is 0 Å². The van der Waals surface area contributed by atoms with Gasteiger partial charge < -0.3 is 14.5 Å². The van der Waals surface area contributed by atoms with Crippen LogP contribution in [0.3, 0.4) is 0 Å². The minimum atomic E-state index is -0.518. The summed E-state index contributed by atoms with van der Waals surface area (Å²) < 4.78 is 19.4. The molecule has 30 heavy (non-hydrogen) atoms. The van der Waals surface area contributed by atoms with Gasteiger partial charge in [0.15, 0.2) is 0 Å². The molecule has 0 N–H and O–H groups in total. The fourth-order valence-electron chi connectivity index (χ4n) is 3.61. The van der Waals surface area contributed by atoms with Gasteiger partial charge in [-0.2, -0.15) is 0 Å². The van der Waals surface area contributed by atoms with Crippen molar-refractivity contribution < 1.29 is 13.9 Å².